The summed E-state index contributed by atoms with van der Waals surface area (Å²) in [5.74, 6) is 0.896. The lowest BCUT2D eigenvalue weighted by molar-refractivity contribution is -0.0564. The molecule has 0 aromatic carbocycles. The standard InChI is InChI=1S/C13H19NO5/c1-9-12(13(16)17-2)5-10(19-9)6-14-3-4-18-11(7-14)8-15/h5,11,15H,3-4,6-8H2,1-2H3. The highest BCUT2D eigenvalue weighted by molar-refractivity contribution is 5.90. The van der Waals surface area contributed by atoms with E-state index in [2.05, 4.69) is 9.64 Å². The number of aliphatic hydroxyl groups excluding tert-OH is 1. The van der Waals surface area contributed by atoms with Gasteiger partial charge in [-0.2, -0.15) is 0 Å². The minimum atomic E-state index is -0.386. The fraction of sp³-hybridized carbons (Fsp3) is 0.615. The number of aliphatic hydroxyl groups is 1. The van der Waals surface area contributed by atoms with E-state index in [1.165, 1.54) is 7.11 Å². The number of aryl methyl sites for hydroxylation is 1. The van der Waals surface area contributed by atoms with E-state index in [0.717, 1.165) is 12.3 Å². The molecule has 0 radical (unpaired) electrons. The molecule has 1 unspecified atom stereocenters. The predicted octanol–water partition coefficient (Wildman–Crippen LogP) is 0.568. The molecule has 106 valence electrons. The third-order valence-corrected chi connectivity index (χ3v) is 3.18. The summed E-state index contributed by atoms with van der Waals surface area (Å²) in [5, 5.41) is 9.09. The highest BCUT2D eigenvalue weighted by Gasteiger charge is 2.22. The summed E-state index contributed by atoms with van der Waals surface area (Å²) >= 11 is 0. The first kappa shape index (κ1) is 14.0. The number of esters is 1. The molecular weight excluding hydrogens is 250 g/mol. The van der Waals surface area contributed by atoms with Crippen molar-refractivity contribution in [2.75, 3.05) is 33.4 Å². The Hall–Kier alpha value is -1.37. The third kappa shape index (κ3) is 3.34. The molecule has 0 saturated carbocycles. The summed E-state index contributed by atoms with van der Waals surface area (Å²) in [6, 6.07) is 1.71. The van der Waals surface area contributed by atoms with Crippen LogP contribution in [0.4, 0.5) is 0 Å². The summed E-state index contributed by atoms with van der Waals surface area (Å²) in [5.41, 5.74) is 0.462. The van der Waals surface area contributed by atoms with Gasteiger partial charge in [0.25, 0.3) is 0 Å². The van der Waals surface area contributed by atoms with Crippen LogP contribution in [0.15, 0.2) is 10.5 Å². The van der Waals surface area contributed by atoms with E-state index in [4.69, 9.17) is 14.3 Å². The molecule has 1 saturated heterocycles. The van der Waals surface area contributed by atoms with Gasteiger partial charge in [-0.15, -0.1) is 0 Å². The van der Waals surface area contributed by atoms with Crippen molar-refractivity contribution in [3.05, 3.63) is 23.2 Å². The van der Waals surface area contributed by atoms with E-state index >= 15 is 0 Å². The molecule has 2 rings (SSSR count). The van der Waals surface area contributed by atoms with Crippen molar-refractivity contribution < 1.29 is 23.8 Å². The van der Waals surface area contributed by atoms with Crippen molar-refractivity contribution in [1.82, 2.24) is 4.90 Å². The molecule has 19 heavy (non-hydrogen) atoms. The van der Waals surface area contributed by atoms with Gasteiger partial charge in [0.05, 0.1) is 33.0 Å². The van der Waals surface area contributed by atoms with Crippen LogP contribution in [0.1, 0.15) is 21.9 Å². The summed E-state index contributed by atoms with van der Waals surface area (Å²) in [7, 11) is 1.35. The van der Waals surface area contributed by atoms with Crippen LogP contribution in [-0.4, -0.2) is 55.5 Å². The van der Waals surface area contributed by atoms with Gasteiger partial charge in [-0.05, 0) is 13.0 Å². The van der Waals surface area contributed by atoms with Gasteiger partial charge in [-0.25, -0.2) is 4.79 Å². The summed E-state index contributed by atoms with van der Waals surface area (Å²) in [6.45, 7) is 4.38. The van der Waals surface area contributed by atoms with Crippen LogP contribution in [0.2, 0.25) is 0 Å². The smallest absolute Gasteiger partial charge is 0.341 e. The van der Waals surface area contributed by atoms with Gasteiger partial charge in [0.1, 0.15) is 17.1 Å². The Morgan fingerprint density at radius 3 is 3.11 bits per heavy atom. The molecular formula is C13H19NO5. The van der Waals surface area contributed by atoms with Crippen LogP contribution in [0.3, 0.4) is 0 Å². The van der Waals surface area contributed by atoms with E-state index < -0.39 is 0 Å². The zero-order valence-corrected chi connectivity index (χ0v) is 11.2. The Balaban J connectivity index is 2.01. The first-order valence-corrected chi connectivity index (χ1v) is 6.26. The number of carbonyl (C=O) groups excluding carboxylic acids is 1. The Morgan fingerprint density at radius 2 is 2.42 bits per heavy atom. The van der Waals surface area contributed by atoms with E-state index in [1.807, 2.05) is 0 Å². The molecule has 1 aliphatic heterocycles. The van der Waals surface area contributed by atoms with Crippen LogP contribution < -0.4 is 0 Å². The number of morpholine rings is 1. The molecule has 0 spiro atoms. The Labute approximate surface area is 111 Å². The van der Waals surface area contributed by atoms with Crippen molar-refractivity contribution >= 4 is 5.97 Å². The van der Waals surface area contributed by atoms with Gasteiger partial charge in [-0.3, -0.25) is 4.90 Å². The van der Waals surface area contributed by atoms with Gasteiger partial charge in [0.2, 0.25) is 0 Å². The monoisotopic (exact) mass is 269 g/mol. The number of hydrogen-bond acceptors (Lipinski definition) is 6. The topological polar surface area (TPSA) is 72.1 Å². The molecule has 1 aromatic rings. The Bertz CT molecular complexity index is 442. The molecule has 6 nitrogen and oxygen atoms in total. The average Bonchev–Trinajstić information content (AvgIpc) is 2.79. The van der Waals surface area contributed by atoms with Gasteiger partial charge < -0.3 is 19.0 Å². The number of rotatable bonds is 4. The zero-order chi connectivity index (χ0) is 13.8. The molecule has 1 atom stereocenters. The minimum Gasteiger partial charge on any atom is -0.465 e. The number of carbonyl (C=O) groups is 1. The van der Waals surface area contributed by atoms with Crippen LogP contribution in [0.5, 0.6) is 0 Å². The van der Waals surface area contributed by atoms with Crippen LogP contribution in [0, 0.1) is 6.92 Å². The van der Waals surface area contributed by atoms with Crippen molar-refractivity contribution in [2.45, 2.75) is 19.6 Å². The first-order chi connectivity index (χ1) is 9.13. The minimum absolute atomic E-state index is 0.0150. The zero-order valence-electron chi connectivity index (χ0n) is 11.2. The number of methoxy groups -OCH3 is 1. The number of hydrogen-bond donors (Lipinski definition) is 1. The molecule has 6 heteroatoms. The van der Waals surface area contributed by atoms with Gasteiger partial charge >= 0.3 is 5.97 Å². The van der Waals surface area contributed by atoms with Gasteiger partial charge in [-0.1, -0.05) is 0 Å². The second-order valence-electron chi connectivity index (χ2n) is 4.58. The Kier molecular flexibility index (Phi) is 4.57. The molecule has 1 fully saturated rings. The van der Waals surface area contributed by atoms with Crippen LogP contribution >= 0.6 is 0 Å². The number of furan rings is 1. The van der Waals surface area contributed by atoms with Crippen molar-refractivity contribution in [2.24, 2.45) is 0 Å². The number of nitrogens with zero attached hydrogens (tertiary/aromatic N) is 1. The second-order valence-corrected chi connectivity index (χ2v) is 4.58. The van der Waals surface area contributed by atoms with Gasteiger partial charge in [0, 0.05) is 13.1 Å². The highest BCUT2D eigenvalue weighted by atomic mass is 16.5. The lowest BCUT2D eigenvalue weighted by Crippen LogP contribution is -2.43. The normalized spacial score (nSPS) is 20.5. The maximum Gasteiger partial charge on any atom is 0.341 e. The lowest BCUT2D eigenvalue weighted by atomic mass is 10.2. The molecule has 1 aromatic heterocycles. The van der Waals surface area contributed by atoms with Crippen molar-refractivity contribution in [3.8, 4) is 0 Å². The van der Waals surface area contributed by atoms with E-state index in [9.17, 15) is 4.79 Å². The Morgan fingerprint density at radius 1 is 1.63 bits per heavy atom. The van der Waals surface area contributed by atoms with Crippen LogP contribution in [-0.2, 0) is 16.0 Å². The van der Waals surface area contributed by atoms with Crippen LogP contribution in [0.25, 0.3) is 0 Å². The van der Waals surface area contributed by atoms with Gasteiger partial charge in [0.15, 0.2) is 0 Å². The molecule has 0 amide bonds. The third-order valence-electron chi connectivity index (χ3n) is 3.18. The first-order valence-electron chi connectivity index (χ1n) is 6.26. The predicted molar refractivity (Wildman–Crippen MR) is 66.9 cm³/mol. The highest BCUT2D eigenvalue weighted by Crippen LogP contribution is 2.18. The summed E-state index contributed by atoms with van der Waals surface area (Å²) in [6.07, 6.45) is -0.148. The number of ether oxygens (including phenoxy) is 2. The molecule has 2 heterocycles. The maximum atomic E-state index is 11.5. The molecule has 1 aliphatic rings. The van der Waals surface area contributed by atoms with E-state index in [1.54, 1.807) is 13.0 Å². The fourth-order valence-electron chi connectivity index (χ4n) is 2.19. The maximum absolute atomic E-state index is 11.5. The SMILES string of the molecule is COC(=O)c1cc(CN2CCOC(CO)C2)oc1C. The second kappa shape index (κ2) is 6.18. The van der Waals surface area contributed by atoms with E-state index in [0.29, 0.717) is 31.0 Å². The average molecular weight is 269 g/mol. The lowest BCUT2D eigenvalue weighted by Gasteiger charge is -2.31. The largest absolute Gasteiger partial charge is 0.465 e. The summed E-state index contributed by atoms with van der Waals surface area (Å²) < 4.78 is 15.6. The molecule has 0 bridgehead atoms. The fourth-order valence-corrected chi connectivity index (χ4v) is 2.19. The summed E-state index contributed by atoms with van der Waals surface area (Å²) in [4.78, 5) is 13.6. The molecule has 1 N–H and O–H groups in total. The van der Waals surface area contributed by atoms with Crippen molar-refractivity contribution in [1.29, 1.82) is 0 Å². The van der Waals surface area contributed by atoms with Crippen molar-refractivity contribution in [3.63, 3.8) is 0 Å². The van der Waals surface area contributed by atoms with E-state index in [-0.39, 0.29) is 18.7 Å². The quantitative estimate of drug-likeness (QED) is 0.806. The molecule has 0 aliphatic carbocycles.